The lowest BCUT2D eigenvalue weighted by molar-refractivity contribution is 0.0950. The molecule has 1 heterocycles. The van der Waals surface area contributed by atoms with E-state index in [-0.39, 0.29) is 0 Å². The summed E-state index contributed by atoms with van der Waals surface area (Å²) in [6, 6.07) is 0.662. The third-order valence-corrected chi connectivity index (χ3v) is 3.40. The minimum Gasteiger partial charge on any atom is -0.309 e. The molecule has 0 spiro atoms. The third-order valence-electron chi connectivity index (χ3n) is 3.40. The van der Waals surface area contributed by atoms with Crippen LogP contribution in [0, 0.1) is 0 Å². The lowest BCUT2D eigenvalue weighted by atomic mass is 9.94. The molecule has 82 valence electrons. The first kappa shape index (κ1) is 11.7. The van der Waals surface area contributed by atoms with Gasteiger partial charge in [0.2, 0.25) is 0 Å². The summed E-state index contributed by atoms with van der Waals surface area (Å²) in [6.45, 7) is 14.1. The molecule has 0 aromatic carbocycles. The average Bonchev–Trinajstić information content (AvgIpc) is 2.20. The van der Waals surface area contributed by atoms with Crippen LogP contribution in [-0.2, 0) is 0 Å². The fourth-order valence-electron chi connectivity index (χ4n) is 1.98. The smallest absolute Gasteiger partial charge is 0.0278 e. The minimum absolute atomic E-state index is 0.313. The molecule has 1 aliphatic rings. The lowest BCUT2D eigenvalue weighted by Gasteiger charge is -2.45. The van der Waals surface area contributed by atoms with E-state index in [2.05, 4.69) is 37.6 Å². The zero-order valence-electron chi connectivity index (χ0n) is 9.84. The predicted octanol–water partition coefficient (Wildman–Crippen LogP) is 2.02. The van der Waals surface area contributed by atoms with Crippen LogP contribution in [0.15, 0.2) is 12.7 Å². The molecular formula is C12H24N2. The fraction of sp³-hybridized carbons (Fsp3) is 0.833. The van der Waals surface area contributed by atoms with Crippen LogP contribution in [0.2, 0.25) is 0 Å². The molecule has 2 atom stereocenters. The summed E-state index contributed by atoms with van der Waals surface area (Å²) in [5.41, 5.74) is 0.313. The van der Waals surface area contributed by atoms with Crippen molar-refractivity contribution in [2.45, 2.75) is 45.2 Å². The van der Waals surface area contributed by atoms with Crippen molar-refractivity contribution in [2.24, 2.45) is 0 Å². The molecule has 1 N–H and O–H groups in total. The molecule has 0 amide bonds. The van der Waals surface area contributed by atoms with Crippen molar-refractivity contribution in [2.75, 3.05) is 19.6 Å². The van der Waals surface area contributed by atoms with Crippen molar-refractivity contribution in [1.29, 1.82) is 0 Å². The van der Waals surface area contributed by atoms with Gasteiger partial charge < -0.3 is 5.32 Å². The highest BCUT2D eigenvalue weighted by Crippen LogP contribution is 2.18. The summed E-state index contributed by atoms with van der Waals surface area (Å²) in [4.78, 5) is 2.57. The third kappa shape index (κ3) is 2.82. The maximum absolute atomic E-state index is 3.78. The number of nitrogens with one attached hydrogen (secondary N) is 1. The van der Waals surface area contributed by atoms with E-state index < -0.39 is 0 Å². The van der Waals surface area contributed by atoms with Crippen LogP contribution in [0.5, 0.6) is 0 Å². The molecule has 2 nitrogen and oxygen atoms in total. The SMILES string of the molecule is C=CCCN1CC(C)(CC)NCC1C. The van der Waals surface area contributed by atoms with E-state index in [1.807, 2.05) is 6.08 Å². The Labute approximate surface area is 88.4 Å². The number of rotatable bonds is 4. The lowest BCUT2D eigenvalue weighted by Crippen LogP contribution is -2.61. The van der Waals surface area contributed by atoms with Crippen molar-refractivity contribution < 1.29 is 0 Å². The van der Waals surface area contributed by atoms with Gasteiger partial charge in [-0.1, -0.05) is 13.0 Å². The van der Waals surface area contributed by atoms with Gasteiger partial charge in [-0.05, 0) is 26.7 Å². The Morgan fingerprint density at radius 1 is 1.64 bits per heavy atom. The van der Waals surface area contributed by atoms with Crippen LogP contribution in [0.25, 0.3) is 0 Å². The topological polar surface area (TPSA) is 15.3 Å². The molecule has 14 heavy (non-hydrogen) atoms. The first-order valence-corrected chi connectivity index (χ1v) is 5.71. The molecule has 1 rings (SSSR count). The van der Waals surface area contributed by atoms with Crippen molar-refractivity contribution >= 4 is 0 Å². The molecule has 1 saturated heterocycles. The van der Waals surface area contributed by atoms with Gasteiger partial charge >= 0.3 is 0 Å². The summed E-state index contributed by atoms with van der Waals surface area (Å²) in [6.07, 6.45) is 4.31. The molecule has 0 bridgehead atoms. The minimum atomic E-state index is 0.313. The molecule has 0 radical (unpaired) electrons. The second kappa shape index (κ2) is 4.94. The van der Waals surface area contributed by atoms with E-state index in [1.54, 1.807) is 0 Å². The Morgan fingerprint density at radius 2 is 2.36 bits per heavy atom. The highest BCUT2D eigenvalue weighted by Gasteiger charge is 2.31. The predicted molar refractivity (Wildman–Crippen MR) is 62.5 cm³/mol. The van der Waals surface area contributed by atoms with E-state index in [1.165, 1.54) is 13.0 Å². The van der Waals surface area contributed by atoms with Crippen LogP contribution >= 0.6 is 0 Å². The molecule has 0 aromatic rings. The quantitative estimate of drug-likeness (QED) is 0.692. The van der Waals surface area contributed by atoms with Crippen molar-refractivity contribution in [3.05, 3.63) is 12.7 Å². The van der Waals surface area contributed by atoms with E-state index >= 15 is 0 Å². The number of nitrogens with zero attached hydrogens (tertiary/aromatic N) is 1. The summed E-state index contributed by atoms with van der Waals surface area (Å²) < 4.78 is 0. The molecule has 0 aliphatic carbocycles. The van der Waals surface area contributed by atoms with Gasteiger partial charge in [0.15, 0.2) is 0 Å². The summed E-state index contributed by atoms with van der Waals surface area (Å²) in [7, 11) is 0. The van der Waals surface area contributed by atoms with Gasteiger partial charge in [-0.2, -0.15) is 0 Å². The normalized spacial score (nSPS) is 34.4. The molecule has 2 unspecified atom stereocenters. The molecule has 0 saturated carbocycles. The number of hydrogen-bond acceptors (Lipinski definition) is 2. The second-order valence-corrected chi connectivity index (χ2v) is 4.69. The Morgan fingerprint density at radius 3 is 2.93 bits per heavy atom. The van der Waals surface area contributed by atoms with E-state index in [0.29, 0.717) is 11.6 Å². The van der Waals surface area contributed by atoms with Gasteiger partial charge in [-0.3, -0.25) is 4.90 Å². The maximum Gasteiger partial charge on any atom is 0.0278 e. The van der Waals surface area contributed by atoms with E-state index in [9.17, 15) is 0 Å². The Bertz CT molecular complexity index is 191. The van der Waals surface area contributed by atoms with Crippen molar-refractivity contribution in [1.82, 2.24) is 10.2 Å². The average molecular weight is 196 g/mol. The fourth-order valence-corrected chi connectivity index (χ4v) is 1.98. The molecular weight excluding hydrogens is 172 g/mol. The second-order valence-electron chi connectivity index (χ2n) is 4.69. The van der Waals surface area contributed by atoms with Crippen molar-refractivity contribution in [3.8, 4) is 0 Å². The number of hydrogen-bond donors (Lipinski definition) is 1. The Kier molecular flexibility index (Phi) is 4.14. The first-order chi connectivity index (χ1) is 6.61. The molecule has 1 fully saturated rings. The van der Waals surface area contributed by atoms with Crippen LogP contribution < -0.4 is 5.32 Å². The summed E-state index contributed by atoms with van der Waals surface area (Å²) in [5, 5.41) is 3.63. The van der Waals surface area contributed by atoms with Crippen LogP contribution in [0.3, 0.4) is 0 Å². The standard InChI is InChI=1S/C12H24N2/c1-5-7-8-14-10-12(4,6-2)13-9-11(14)3/h5,11,13H,1,6-10H2,2-4H3. The first-order valence-electron chi connectivity index (χ1n) is 5.71. The highest BCUT2D eigenvalue weighted by molar-refractivity contribution is 4.93. The van der Waals surface area contributed by atoms with Crippen molar-refractivity contribution in [3.63, 3.8) is 0 Å². The number of piperazine rings is 1. The molecule has 1 aliphatic heterocycles. The van der Waals surface area contributed by atoms with Gasteiger partial charge in [-0.15, -0.1) is 6.58 Å². The van der Waals surface area contributed by atoms with Crippen LogP contribution in [0.1, 0.15) is 33.6 Å². The zero-order chi connectivity index (χ0) is 10.6. The van der Waals surface area contributed by atoms with Gasteiger partial charge in [0.05, 0.1) is 0 Å². The monoisotopic (exact) mass is 196 g/mol. The Balaban J connectivity index is 2.50. The Hall–Kier alpha value is -0.340. The molecule has 2 heteroatoms. The van der Waals surface area contributed by atoms with Crippen LogP contribution in [0.4, 0.5) is 0 Å². The maximum atomic E-state index is 3.78. The molecule has 0 aromatic heterocycles. The zero-order valence-corrected chi connectivity index (χ0v) is 9.84. The van der Waals surface area contributed by atoms with Gasteiger partial charge in [0, 0.05) is 31.2 Å². The largest absolute Gasteiger partial charge is 0.309 e. The summed E-state index contributed by atoms with van der Waals surface area (Å²) in [5.74, 6) is 0. The summed E-state index contributed by atoms with van der Waals surface area (Å²) >= 11 is 0. The highest BCUT2D eigenvalue weighted by atomic mass is 15.2. The van der Waals surface area contributed by atoms with Gasteiger partial charge in [0.1, 0.15) is 0 Å². The van der Waals surface area contributed by atoms with Crippen LogP contribution in [-0.4, -0.2) is 36.1 Å². The van der Waals surface area contributed by atoms with E-state index in [0.717, 1.165) is 19.5 Å². The van der Waals surface area contributed by atoms with E-state index in [4.69, 9.17) is 0 Å². The van der Waals surface area contributed by atoms with Gasteiger partial charge in [0.25, 0.3) is 0 Å². The van der Waals surface area contributed by atoms with Gasteiger partial charge in [-0.25, -0.2) is 0 Å².